The number of primary amides is 1. The molecule has 1 unspecified atom stereocenters. The van der Waals surface area contributed by atoms with Crippen molar-refractivity contribution in [3.63, 3.8) is 0 Å². The summed E-state index contributed by atoms with van der Waals surface area (Å²) in [7, 11) is 0. The molecule has 13 heteroatoms. The number of thiophene rings is 1. The number of nitrogens with one attached hydrogen (secondary N) is 1. The van der Waals surface area contributed by atoms with E-state index in [1.165, 1.54) is 30.4 Å². The zero-order chi connectivity index (χ0) is 22.8. The van der Waals surface area contributed by atoms with Crippen LogP contribution in [0.3, 0.4) is 0 Å². The quantitative estimate of drug-likeness (QED) is 0.572. The van der Waals surface area contributed by atoms with Gasteiger partial charge in [-0.2, -0.15) is 18.2 Å². The predicted octanol–water partition coefficient (Wildman–Crippen LogP) is 2.75. The van der Waals surface area contributed by atoms with Gasteiger partial charge in [-0.15, -0.1) is 16.4 Å². The van der Waals surface area contributed by atoms with Crippen LogP contribution in [0.1, 0.15) is 23.1 Å². The number of hydrogen-bond acceptors (Lipinski definition) is 7. The zero-order valence-electron chi connectivity index (χ0n) is 15.7. The van der Waals surface area contributed by atoms with Gasteiger partial charge in [0.1, 0.15) is 0 Å². The van der Waals surface area contributed by atoms with Crippen molar-refractivity contribution in [1.82, 2.24) is 20.1 Å². The van der Waals surface area contributed by atoms with Gasteiger partial charge in [0.05, 0.1) is 16.1 Å². The van der Waals surface area contributed by atoms with Gasteiger partial charge in [-0.05, 0) is 36.6 Å². The maximum Gasteiger partial charge on any atom is 0.416 e. The van der Waals surface area contributed by atoms with Crippen molar-refractivity contribution < 1.29 is 32.3 Å². The Balaban J connectivity index is 1.97. The molecule has 0 radical (unpaired) electrons. The highest BCUT2D eigenvalue weighted by Crippen LogP contribution is 2.32. The number of imide groups is 1. The molecule has 31 heavy (non-hydrogen) atoms. The lowest BCUT2D eigenvalue weighted by molar-refractivity contribution is -0.137. The molecule has 1 aromatic carbocycles. The molecule has 3 N–H and O–H groups in total. The van der Waals surface area contributed by atoms with Gasteiger partial charge in [0.2, 0.25) is 0 Å². The number of hydrogen-bond donors (Lipinski definition) is 2. The molecule has 0 spiro atoms. The Labute approximate surface area is 176 Å². The fraction of sp³-hybridized carbons (Fsp3) is 0.167. The number of halogens is 3. The monoisotopic (exact) mass is 453 g/mol. The van der Waals surface area contributed by atoms with E-state index in [4.69, 9.17) is 10.5 Å². The number of nitrogens with zero attached hydrogens (tertiary/aromatic N) is 3. The fourth-order valence-electron chi connectivity index (χ4n) is 2.45. The predicted molar refractivity (Wildman–Crippen MR) is 102 cm³/mol. The number of rotatable bonds is 5. The van der Waals surface area contributed by atoms with Crippen LogP contribution >= 0.6 is 11.3 Å². The Hall–Kier alpha value is -3.74. The van der Waals surface area contributed by atoms with Crippen molar-refractivity contribution >= 4 is 29.2 Å². The number of amides is 3. The van der Waals surface area contributed by atoms with Gasteiger partial charge in [0, 0.05) is 0 Å². The summed E-state index contributed by atoms with van der Waals surface area (Å²) in [5.41, 5.74) is 3.95. The number of alkyl halides is 3. The molecule has 0 fully saturated rings. The third-order valence-corrected chi connectivity index (χ3v) is 4.71. The first-order chi connectivity index (χ1) is 14.6. The van der Waals surface area contributed by atoms with E-state index >= 15 is 0 Å². The average Bonchev–Trinajstić information content (AvgIpc) is 3.36. The fourth-order valence-corrected chi connectivity index (χ4v) is 3.15. The summed E-state index contributed by atoms with van der Waals surface area (Å²) in [6.07, 6.45) is -5.98. The second-order valence-electron chi connectivity index (χ2n) is 6.10. The molecule has 3 aromatic rings. The molecule has 3 amide bonds. The number of esters is 1. The second-order valence-corrected chi connectivity index (χ2v) is 7.04. The number of carbonyl (C=O) groups is 3. The number of ether oxygens (including phenoxy) is 1. The minimum atomic E-state index is -4.58. The van der Waals surface area contributed by atoms with Crippen LogP contribution < -0.4 is 11.1 Å². The van der Waals surface area contributed by atoms with Gasteiger partial charge in [-0.25, -0.2) is 14.3 Å². The van der Waals surface area contributed by atoms with Crippen molar-refractivity contribution in [2.45, 2.75) is 19.2 Å². The SMILES string of the molecule is CC(OC(=O)c1nc(-c2cccs2)n(-c2cccc(C(F)(F)F)c2)n1)C(=O)NC(N)=O. The van der Waals surface area contributed by atoms with E-state index in [2.05, 4.69) is 10.1 Å². The van der Waals surface area contributed by atoms with E-state index in [-0.39, 0.29) is 11.5 Å². The molecule has 2 aromatic heterocycles. The van der Waals surface area contributed by atoms with Crippen molar-refractivity contribution in [2.75, 3.05) is 0 Å². The molecule has 0 aliphatic heterocycles. The Bertz CT molecular complexity index is 1130. The van der Waals surface area contributed by atoms with Crippen LogP contribution in [-0.4, -0.2) is 38.8 Å². The van der Waals surface area contributed by atoms with Crippen LogP contribution in [-0.2, 0) is 15.7 Å². The molecular weight excluding hydrogens is 439 g/mol. The Morgan fingerprint density at radius 2 is 1.97 bits per heavy atom. The van der Waals surface area contributed by atoms with Gasteiger partial charge in [-0.1, -0.05) is 12.1 Å². The number of nitrogens with two attached hydrogens (primary N) is 1. The highest BCUT2D eigenvalue weighted by molar-refractivity contribution is 7.13. The first kappa shape index (κ1) is 22.0. The first-order valence-corrected chi connectivity index (χ1v) is 9.44. The largest absolute Gasteiger partial charge is 0.447 e. The Morgan fingerprint density at radius 3 is 2.58 bits per heavy atom. The van der Waals surface area contributed by atoms with Gasteiger partial charge in [0.25, 0.3) is 11.7 Å². The lowest BCUT2D eigenvalue weighted by Gasteiger charge is -2.10. The topological polar surface area (TPSA) is 129 Å². The van der Waals surface area contributed by atoms with Crippen LogP contribution in [0, 0.1) is 0 Å². The van der Waals surface area contributed by atoms with E-state index in [1.54, 1.807) is 22.8 Å². The van der Waals surface area contributed by atoms with E-state index in [0.29, 0.717) is 4.88 Å². The van der Waals surface area contributed by atoms with E-state index < -0.39 is 41.6 Å². The third kappa shape index (κ3) is 5.06. The number of benzene rings is 1. The standard InChI is InChI=1S/C18H14F3N5O4S/c1-9(15(27)24-17(22)29)30-16(28)13-23-14(12-6-3-7-31-12)26(25-13)11-5-2-4-10(8-11)18(19,20)21/h2-9H,1H3,(H3,22,24,27,29). The maximum atomic E-state index is 13.1. The molecule has 3 rings (SSSR count). The van der Waals surface area contributed by atoms with E-state index in [9.17, 15) is 27.6 Å². The summed E-state index contributed by atoms with van der Waals surface area (Å²) < 4.78 is 45.3. The lowest BCUT2D eigenvalue weighted by Crippen LogP contribution is -2.42. The number of urea groups is 1. The van der Waals surface area contributed by atoms with Gasteiger partial charge >= 0.3 is 18.2 Å². The van der Waals surface area contributed by atoms with Gasteiger partial charge in [0.15, 0.2) is 11.9 Å². The number of aromatic nitrogens is 3. The zero-order valence-corrected chi connectivity index (χ0v) is 16.5. The first-order valence-electron chi connectivity index (χ1n) is 8.56. The minimum absolute atomic E-state index is 0.0179. The molecule has 0 saturated carbocycles. The van der Waals surface area contributed by atoms with Crippen LogP contribution in [0.2, 0.25) is 0 Å². The van der Waals surface area contributed by atoms with Crippen LogP contribution in [0.25, 0.3) is 16.4 Å². The normalized spacial score (nSPS) is 12.3. The van der Waals surface area contributed by atoms with Crippen molar-refractivity contribution in [3.8, 4) is 16.4 Å². The Kier molecular flexibility index (Phi) is 6.06. The van der Waals surface area contributed by atoms with Gasteiger partial charge < -0.3 is 10.5 Å². The smallest absolute Gasteiger partial charge is 0.416 e. The van der Waals surface area contributed by atoms with Crippen molar-refractivity contribution in [1.29, 1.82) is 0 Å². The summed E-state index contributed by atoms with van der Waals surface area (Å²) in [4.78, 5) is 39.5. The molecule has 1 atom stereocenters. The molecule has 0 aliphatic rings. The van der Waals surface area contributed by atoms with Crippen LogP contribution in [0.15, 0.2) is 41.8 Å². The molecule has 0 saturated heterocycles. The Morgan fingerprint density at radius 1 is 1.23 bits per heavy atom. The van der Waals surface area contributed by atoms with Crippen molar-refractivity contribution in [2.24, 2.45) is 5.73 Å². The van der Waals surface area contributed by atoms with E-state index in [1.807, 2.05) is 0 Å². The second kappa shape index (κ2) is 8.55. The van der Waals surface area contributed by atoms with E-state index in [0.717, 1.165) is 16.8 Å². The summed E-state index contributed by atoms with van der Waals surface area (Å²) in [6.45, 7) is 1.19. The maximum absolute atomic E-state index is 13.1. The summed E-state index contributed by atoms with van der Waals surface area (Å²) in [5.74, 6) is -2.46. The summed E-state index contributed by atoms with van der Waals surface area (Å²) >= 11 is 1.23. The summed E-state index contributed by atoms with van der Waals surface area (Å²) in [5, 5.41) is 7.45. The van der Waals surface area contributed by atoms with Gasteiger partial charge in [-0.3, -0.25) is 10.1 Å². The number of carbonyl (C=O) groups excluding carboxylic acids is 3. The highest BCUT2D eigenvalue weighted by Gasteiger charge is 2.31. The third-order valence-electron chi connectivity index (χ3n) is 3.85. The molecular formula is C18H14F3N5O4S. The highest BCUT2D eigenvalue weighted by atomic mass is 32.1. The van der Waals surface area contributed by atoms with Crippen molar-refractivity contribution in [3.05, 3.63) is 53.2 Å². The average molecular weight is 453 g/mol. The molecule has 9 nitrogen and oxygen atoms in total. The lowest BCUT2D eigenvalue weighted by atomic mass is 10.2. The van der Waals surface area contributed by atoms with Crippen LogP contribution in [0.4, 0.5) is 18.0 Å². The molecule has 0 aliphatic carbocycles. The molecule has 162 valence electrons. The molecule has 0 bridgehead atoms. The minimum Gasteiger partial charge on any atom is -0.447 e. The van der Waals surface area contributed by atoms with Crippen LogP contribution in [0.5, 0.6) is 0 Å². The molecule has 2 heterocycles. The summed E-state index contributed by atoms with van der Waals surface area (Å²) in [6, 6.07) is 6.56.